The Kier molecular flexibility index (Phi) is 12.8. The Hall–Kier alpha value is -4.26. The highest BCUT2D eigenvalue weighted by atomic mass is 16.3. The van der Waals surface area contributed by atoms with E-state index in [0.29, 0.717) is 12.8 Å². The Morgan fingerprint density at radius 1 is 0.452 bits per heavy atom. The molecule has 6 nitrogen and oxygen atoms in total. The molecule has 6 heteroatoms. The second-order valence-electron chi connectivity index (χ2n) is 10.3. The Balaban J connectivity index is 1.13. The predicted octanol–water partition coefficient (Wildman–Crippen LogP) is 8.48. The van der Waals surface area contributed by atoms with Gasteiger partial charge in [0, 0.05) is 12.4 Å². The van der Waals surface area contributed by atoms with E-state index in [2.05, 4.69) is 0 Å². The third-order valence-electron chi connectivity index (χ3n) is 7.01. The molecule has 0 aromatic heterocycles. The molecule has 2 unspecified atom stereocenters. The molecule has 0 spiro atoms. The highest BCUT2D eigenvalue weighted by Gasteiger charge is 2.15. The lowest BCUT2D eigenvalue weighted by molar-refractivity contribution is 0.00745. The fourth-order valence-electron chi connectivity index (χ4n) is 4.68. The van der Waals surface area contributed by atoms with Gasteiger partial charge in [0.1, 0.15) is 0 Å². The zero-order valence-corrected chi connectivity index (χ0v) is 24.2. The summed E-state index contributed by atoms with van der Waals surface area (Å²) in [7, 11) is 0. The molecule has 0 heterocycles. The maximum Gasteiger partial charge on any atom is 0.0799 e. The van der Waals surface area contributed by atoms with Crippen LogP contribution < -0.4 is 10.0 Å². The van der Waals surface area contributed by atoms with Crippen molar-refractivity contribution in [1.82, 2.24) is 0 Å². The SMILES string of the molecule is OC(CCCC/C=N/N(c1ccccc1)c1ccccc1)C(O)CCCC/C=N/N(c1ccccc1)c1ccccc1. The number of para-hydroxylation sites is 4. The molecule has 4 aromatic carbocycles. The number of nitrogens with zero attached hydrogens (tertiary/aromatic N) is 4. The molecule has 0 saturated carbocycles. The van der Waals surface area contributed by atoms with Gasteiger partial charge in [-0.25, -0.2) is 10.0 Å². The summed E-state index contributed by atoms with van der Waals surface area (Å²) in [4.78, 5) is 0. The van der Waals surface area contributed by atoms with Crippen LogP contribution in [0, 0.1) is 0 Å². The molecule has 0 aliphatic rings. The summed E-state index contributed by atoms with van der Waals surface area (Å²) in [5.74, 6) is 0. The van der Waals surface area contributed by atoms with Crippen molar-refractivity contribution >= 4 is 35.2 Å². The standard InChI is InChI=1S/C36H42N4O2/c41-35(27-15-5-17-29-37-39(31-19-7-1-8-20-31)32-21-9-2-10-22-32)36(42)28-16-6-18-30-38-40(33-23-11-3-12-24-33)34-25-13-4-14-26-34/h1-4,7-14,19-26,29-30,35-36,41-42H,5-6,15-18,27-28H2/b37-29+,38-30+. The predicted molar refractivity (Wildman–Crippen MR) is 176 cm³/mol. The number of aliphatic hydroxyl groups excluding tert-OH is 2. The smallest absolute Gasteiger partial charge is 0.0799 e. The fourth-order valence-corrected chi connectivity index (χ4v) is 4.68. The van der Waals surface area contributed by atoms with E-state index < -0.39 is 12.2 Å². The van der Waals surface area contributed by atoms with E-state index in [1.165, 1.54) is 0 Å². The van der Waals surface area contributed by atoms with Crippen LogP contribution >= 0.6 is 0 Å². The van der Waals surface area contributed by atoms with Crippen molar-refractivity contribution in [3.05, 3.63) is 121 Å². The van der Waals surface area contributed by atoms with Gasteiger partial charge in [-0.3, -0.25) is 0 Å². The van der Waals surface area contributed by atoms with Gasteiger partial charge in [0.15, 0.2) is 0 Å². The lowest BCUT2D eigenvalue weighted by atomic mass is 10.0. The summed E-state index contributed by atoms with van der Waals surface area (Å²) in [5, 5.41) is 34.2. The number of aliphatic hydroxyl groups is 2. The van der Waals surface area contributed by atoms with Gasteiger partial charge in [-0.2, -0.15) is 10.2 Å². The van der Waals surface area contributed by atoms with Gasteiger partial charge in [-0.1, -0.05) is 85.6 Å². The largest absolute Gasteiger partial charge is 0.390 e. The topological polar surface area (TPSA) is 71.7 Å². The second kappa shape index (κ2) is 17.5. The minimum absolute atomic E-state index is 0.584. The number of rotatable bonds is 17. The monoisotopic (exact) mass is 562 g/mol. The van der Waals surface area contributed by atoms with Crippen molar-refractivity contribution < 1.29 is 10.2 Å². The summed E-state index contributed by atoms with van der Waals surface area (Å²) >= 11 is 0. The number of benzene rings is 4. The molecule has 0 aliphatic heterocycles. The van der Waals surface area contributed by atoms with E-state index in [1.807, 2.05) is 144 Å². The van der Waals surface area contributed by atoms with Crippen molar-refractivity contribution in [2.75, 3.05) is 10.0 Å². The van der Waals surface area contributed by atoms with E-state index in [4.69, 9.17) is 10.2 Å². The summed E-state index contributed by atoms with van der Waals surface area (Å²) in [5.41, 5.74) is 4.04. The molecular formula is C36H42N4O2. The molecule has 0 amide bonds. The molecule has 0 saturated heterocycles. The molecular weight excluding hydrogens is 520 g/mol. The molecule has 42 heavy (non-hydrogen) atoms. The first-order valence-corrected chi connectivity index (χ1v) is 14.9. The van der Waals surface area contributed by atoms with Gasteiger partial charge in [-0.05, 0) is 87.1 Å². The first-order chi connectivity index (χ1) is 20.7. The minimum Gasteiger partial charge on any atom is -0.390 e. The molecule has 2 atom stereocenters. The average molecular weight is 563 g/mol. The quantitative estimate of drug-likeness (QED) is 0.0769. The highest BCUT2D eigenvalue weighted by molar-refractivity contribution is 5.68. The Labute approximate surface area is 250 Å². The lowest BCUT2D eigenvalue weighted by Crippen LogP contribution is -2.25. The van der Waals surface area contributed by atoms with Gasteiger partial charge in [0.2, 0.25) is 0 Å². The molecule has 4 rings (SSSR count). The third-order valence-corrected chi connectivity index (χ3v) is 7.01. The van der Waals surface area contributed by atoms with Gasteiger partial charge < -0.3 is 10.2 Å². The number of hydrazone groups is 2. The van der Waals surface area contributed by atoms with E-state index in [9.17, 15) is 10.2 Å². The molecule has 218 valence electrons. The van der Waals surface area contributed by atoms with Gasteiger partial charge >= 0.3 is 0 Å². The molecule has 0 bridgehead atoms. The Morgan fingerprint density at radius 2 is 0.738 bits per heavy atom. The number of hydrogen-bond acceptors (Lipinski definition) is 6. The van der Waals surface area contributed by atoms with Crippen molar-refractivity contribution in [3.63, 3.8) is 0 Å². The summed E-state index contributed by atoms with van der Waals surface area (Å²) < 4.78 is 0. The van der Waals surface area contributed by atoms with Crippen molar-refractivity contribution in [3.8, 4) is 0 Å². The van der Waals surface area contributed by atoms with Gasteiger partial charge in [0.25, 0.3) is 0 Å². The fraction of sp³-hybridized carbons (Fsp3) is 0.278. The van der Waals surface area contributed by atoms with Crippen LogP contribution in [0.1, 0.15) is 51.4 Å². The number of hydrogen-bond donors (Lipinski definition) is 2. The van der Waals surface area contributed by atoms with Crippen LogP contribution in [0.4, 0.5) is 22.7 Å². The van der Waals surface area contributed by atoms with Crippen LogP contribution in [0.25, 0.3) is 0 Å². The molecule has 0 radical (unpaired) electrons. The van der Waals surface area contributed by atoms with E-state index >= 15 is 0 Å². The maximum absolute atomic E-state index is 10.5. The van der Waals surface area contributed by atoms with Gasteiger partial charge in [0.05, 0.1) is 35.0 Å². The Bertz CT molecular complexity index is 1130. The summed E-state index contributed by atoms with van der Waals surface area (Å²) in [6, 6.07) is 40.4. The van der Waals surface area contributed by atoms with Gasteiger partial charge in [-0.15, -0.1) is 0 Å². The summed E-state index contributed by atoms with van der Waals surface area (Å²) in [6.07, 6.45) is 8.72. The normalized spacial score (nSPS) is 12.9. The molecule has 2 N–H and O–H groups in total. The van der Waals surface area contributed by atoms with Crippen molar-refractivity contribution in [2.24, 2.45) is 10.2 Å². The Morgan fingerprint density at radius 3 is 1.02 bits per heavy atom. The molecule has 0 fully saturated rings. The summed E-state index contributed by atoms with van der Waals surface area (Å²) in [6.45, 7) is 0. The molecule has 4 aromatic rings. The molecule has 0 aliphatic carbocycles. The van der Waals surface area contributed by atoms with E-state index in [1.54, 1.807) is 0 Å². The van der Waals surface area contributed by atoms with Crippen LogP contribution in [0.3, 0.4) is 0 Å². The minimum atomic E-state index is -0.701. The van der Waals surface area contributed by atoms with Crippen LogP contribution in [-0.4, -0.2) is 34.9 Å². The van der Waals surface area contributed by atoms with Crippen LogP contribution in [-0.2, 0) is 0 Å². The average Bonchev–Trinajstić information content (AvgIpc) is 3.05. The maximum atomic E-state index is 10.5. The van der Waals surface area contributed by atoms with Crippen molar-refractivity contribution in [1.29, 1.82) is 0 Å². The van der Waals surface area contributed by atoms with Crippen molar-refractivity contribution in [2.45, 2.75) is 63.6 Å². The lowest BCUT2D eigenvalue weighted by Gasteiger charge is -2.19. The van der Waals surface area contributed by atoms with Crippen LogP contribution in [0.5, 0.6) is 0 Å². The number of anilines is 4. The second-order valence-corrected chi connectivity index (χ2v) is 10.3. The zero-order valence-electron chi connectivity index (χ0n) is 24.2. The van der Waals surface area contributed by atoms with E-state index in [-0.39, 0.29) is 0 Å². The first-order valence-electron chi connectivity index (χ1n) is 14.9. The highest BCUT2D eigenvalue weighted by Crippen LogP contribution is 2.26. The van der Waals surface area contributed by atoms with Crippen LogP contribution in [0.2, 0.25) is 0 Å². The number of unbranched alkanes of at least 4 members (excludes halogenated alkanes) is 4. The van der Waals surface area contributed by atoms with E-state index in [0.717, 1.165) is 61.3 Å². The third kappa shape index (κ3) is 9.98. The zero-order chi connectivity index (χ0) is 29.2. The first kappa shape index (κ1) is 30.7. The van der Waals surface area contributed by atoms with Crippen LogP contribution in [0.15, 0.2) is 132 Å².